The van der Waals surface area contributed by atoms with Crippen LogP contribution in [0.4, 0.5) is 0 Å². The van der Waals surface area contributed by atoms with Gasteiger partial charge < -0.3 is 4.52 Å². The van der Waals surface area contributed by atoms with Crippen LogP contribution < -0.4 is 5.30 Å². The van der Waals surface area contributed by atoms with E-state index in [0.717, 1.165) is 5.30 Å². The van der Waals surface area contributed by atoms with Crippen molar-refractivity contribution in [2.75, 3.05) is 12.9 Å². The molecule has 0 heterocycles. The van der Waals surface area contributed by atoms with Crippen molar-refractivity contribution < 1.29 is 9.09 Å². The molecule has 4 heteroatoms. The average Bonchev–Trinajstić information content (AvgIpc) is 2.19. The van der Waals surface area contributed by atoms with Crippen LogP contribution in [0.1, 0.15) is 6.92 Å². The lowest BCUT2D eigenvalue weighted by Gasteiger charge is -2.14. The van der Waals surface area contributed by atoms with Crippen LogP contribution >= 0.6 is 18.0 Å². The van der Waals surface area contributed by atoms with Gasteiger partial charge >= 0.3 is 0 Å². The Hall–Kier alpha value is -0.240. The summed E-state index contributed by atoms with van der Waals surface area (Å²) in [6.45, 7) is -0.304. The zero-order valence-electron chi connectivity index (χ0n) is 7.77. The Morgan fingerprint density at radius 2 is 2.00 bits per heavy atom. The standard InChI is InChI=1S/C9H13O2PS/c1-3-11-12(10,13-2)9-7-5-4-6-8-9/h4-8H,3H2,1-2H3. The lowest BCUT2D eigenvalue weighted by molar-refractivity contribution is 0.353. The molecule has 0 N–H and O–H groups in total. The molecular formula is C9H13O2PS. The Balaban J connectivity index is 2.96. The Kier molecular flexibility index (Phi) is 4.04. The van der Waals surface area contributed by atoms with E-state index in [-0.39, 0.29) is 0 Å². The van der Waals surface area contributed by atoms with Crippen molar-refractivity contribution in [3.05, 3.63) is 30.3 Å². The van der Waals surface area contributed by atoms with Crippen LogP contribution in [0.15, 0.2) is 30.3 Å². The van der Waals surface area contributed by atoms with Gasteiger partial charge in [-0.05, 0) is 25.3 Å². The normalized spacial score (nSPS) is 15.2. The van der Waals surface area contributed by atoms with Crippen LogP contribution in [0.3, 0.4) is 0 Å². The fourth-order valence-electron chi connectivity index (χ4n) is 1.01. The van der Waals surface area contributed by atoms with Crippen molar-refractivity contribution in [3.8, 4) is 0 Å². The molecule has 0 aliphatic carbocycles. The van der Waals surface area contributed by atoms with E-state index in [9.17, 15) is 4.57 Å². The van der Waals surface area contributed by atoms with Gasteiger partial charge in [0.25, 0.3) is 6.57 Å². The summed E-state index contributed by atoms with van der Waals surface area (Å²) in [6.07, 6.45) is 1.81. The molecule has 2 nitrogen and oxygen atoms in total. The number of benzene rings is 1. The predicted molar refractivity (Wildman–Crippen MR) is 58.8 cm³/mol. The molecule has 0 saturated carbocycles. The lowest BCUT2D eigenvalue weighted by Crippen LogP contribution is -2.03. The highest BCUT2D eigenvalue weighted by atomic mass is 32.7. The number of hydrogen-bond donors (Lipinski definition) is 0. The number of hydrogen-bond acceptors (Lipinski definition) is 3. The highest BCUT2D eigenvalue weighted by molar-refractivity contribution is 8.58. The third kappa shape index (κ3) is 2.60. The highest BCUT2D eigenvalue weighted by Crippen LogP contribution is 2.56. The summed E-state index contributed by atoms with van der Waals surface area (Å²) in [5.41, 5.74) is 0. The van der Waals surface area contributed by atoms with E-state index < -0.39 is 6.57 Å². The van der Waals surface area contributed by atoms with Crippen molar-refractivity contribution in [1.29, 1.82) is 0 Å². The van der Waals surface area contributed by atoms with Crippen molar-refractivity contribution in [2.45, 2.75) is 6.92 Å². The third-order valence-electron chi connectivity index (χ3n) is 1.61. The molecule has 1 atom stereocenters. The predicted octanol–water partition coefficient (Wildman–Crippen LogP) is 2.90. The summed E-state index contributed by atoms with van der Waals surface area (Å²) < 4.78 is 17.4. The van der Waals surface area contributed by atoms with Crippen LogP contribution in [-0.2, 0) is 9.09 Å². The Morgan fingerprint density at radius 1 is 1.38 bits per heavy atom. The summed E-state index contributed by atoms with van der Waals surface area (Å²) >= 11 is 1.28. The highest BCUT2D eigenvalue weighted by Gasteiger charge is 2.23. The largest absolute Gasteiger partial charge is 0.318 e. The van der Waals surface area contributed by atoms with Gasteiger partial charge in [-0.15, -0.1) is 0 Å². The molecule has 72 valence electrons. The van der Waals surface area contributed by atoms with E-state index >= 15 is 0 Å². The first-order chi connectivity index (χ1) is 6.23. The van der Waals surface area contributed by atoms with Gasteiger partial charge in [0.15, 0.2) is 0 Å². The maximum Gasteiger partial charge on any atom is 0.286 e. The zero-order chi connectivity index (χ0) is 9.73. The Bertz CT molecular complexity index is 300. The SMILES string of the molecule is CCOP(=O)(SC)c1ccccc1. The fourth-order valence-corrected chi connectivity index (χ4v) is 3.99. The quantitative estimate of drug-likeness (QED) is 0.724. The van der Waals surface area contributed by atoms with E-state index in [1.807, 2.05) is 43.5 Å². The topological polar surface area (TPSA) is 26.3 Å². The second-order valence-corrected chi connectivity index (χ2v) is 7.11. The molecule has 0 spiro atoms. The summed E-state index contributed by atoms with van der Waals surface area (Å²) in [6, 6.07) is 9.33. The Morgan fingerprint density at radius 3 is 2.46 bits per heavy atom. The van der Waals surface area contributed by atoms with Crippen LogP contribution in [0.25, 0.3) is 0 Å². The van der Waals surface area contributed by atoms with E-state index in [1.165, 1.54) is 11.4 Å². The summed E-state index contributed by atoms with van der Waals surface area (Å²) in [4.78, 5) is 0. The van der Waals surface area contributed by atoms with Crippen LogP contribution in [0, 0.1) is 0 Å². The summed E-state index contributed by atoms with van der Waals surface area (Å²) in [5, 5.41) is 0.782. The van der Waals surface area contributed by atoms with Gasteiger partial charge in [-0.3, -0.25) is 4.57 Å². The first-order valence-corrected chi connectivity index (χ1v) is 7.54. The van der Waals surface area contributed by atoms with Gasteiger partial charge in [-0.1, -0.05) is 29.6 Å². The van der Waals surface area contributed by atoms with Crippen LogP contribution in [-0.4, -0.2) is 12.9 Å². The molecule has 1 aromatic rings. The van der Waals surface area contributed by atoms with Crippen molar-refractivity contribution in [1.82, 2.24) is 0 Å². The molecule has 1 aromatic carbocycles. The molecule has 0 radical (unpaired) electrons. The molecule has 0 amide bonds. The molecule has 0 aromatic heterocycles. The smallest absolute Gasteiger partial charge is 0.286 e. The molecular weight excluding hydrogens is 203 g/mol. The van der Waals surface area contributed by atoms with Gasteiger partial charge in [0.2, 0.25) is 0 Å². The first-order valence-electron chi connectivity index (χ1n) is 4.09. The fraction of sp³-hybridized carbons (Fsp3) is 0.333. The summed E-state index contributed by atoms with van der Waals surface area (Å²) in [7, 11) is 0. The second kappa shape index (κ2) is 4.85. The van der Waals surface area contributed by atoms with Crippen LogP contribution in [0.2, 0.25) is 0 Å². The average molecular weight is 216 g/mol. The molecule has 0 bridgehead atoms. The van der Waals surface area contributed by atoms with Gasteiger partial charge in [0, 0.05) is 5.30 Å². The van der Waals surface area contributed by atoms with Gasteiger partial charge in [-0.25, -0.2) is 0 Å². The molecule has 0 aliphatic rings. The second-order valence-electron chi connectivity index (χ2n) is 2.43. The minimum Gasteiger partial charge on any atom is -0.318 e. The maximum atomic E-state index is 12.1. The van der Waals surface area contributed by atoms with Crippen molar-refractivity contribution in [2.24, 2.45) is 0 Å². The van der Waals surface area contributed by atoms with Gasteiger partial charge in [0.05, 0.1) is 6.61 Å². The van der Waals surface area contributed by atoms with Crippen LogP contribution in [0.5, 0.6) is 0 Å². The van der Waals surface area contributed by atoms with E-state index in [2.05, 4.69) is 0 Å². The minimum absolute atomic E-state index is 0.479. The molecule has 0 aliphatic heterocycles. The molecule has 1 rings (SSSR count). The van der Waals surface area contributed by atoms with Crippen molar-refractivity contribution in [3.63, 3.8) is 0 Å². The number of rotatable bonds is 4. The first kappa shape index (κ1) is 10.8. The van der Waals surface area contributed by atoms with E-state index in [0.29, 0.717) is 6.61 Å². The van der Waals surface area contributed by atoms with Gasteiger partial charge in [-0.2, -0.15) is 0 Å². The minimum atomic E-state index is -2.64. The summed E-state index contributed by atoms with van der Waals surface area (Å²) in [5.74, 6) is 0. The monoisotopic (exact) mass is 216 g/mol. The molecule has 1 unspecified atom stereocenters. The zero-order valence-corrected chi connectivity index (χ0v) is 9.48. The molecule has 0 saturated heterocycles. The molecule has 0 fully saturated rings. The Labute approximate surface area is 82.9 Å². The third-order valence-corrected chi connectivity index (χ3v) is 6.01. The van der Waals surface area contributed by atoms with Gasteiger partial charge in [0.1, 0.15) is 0 Å². The van der Waals surface area contributed by atoms with Crippen molar-refractivity contribution >= 4 is 23.3 Å². The lowest BCUT2D eigenvalue weighted by atomic mass is 10.4. The maximum absolute atomic E-state index is 12.1. The molecule has 13 heavy (non-hydrogen) atoms. The van der Waals surface area contributed by atoms with E-state index in [4.69, 9.17) is 4.52 Å². The van der Waals surface area contributed by atoms with E-state index in [1.54, 1.807) is 0 Å².